The van der Waals surface area contributed by atoms with Crippen LogP contribution < -0.4 is 11.1 Å². The van der Waals surface area contributed by atoms with Crippen LogP contribution in [0.3, 0.4) is 0 Å². The van der Waals surface area contributed by atoms with Gasteiger partial charge in [-0.3, -0.25) is 0 Å². The molecule has 1 unspecified atom stereocenters. The van der Waals surface area contributed by atoms with E-state index < -0.39 is 0 Å². The van der Waals surface area contributed by atoms with Gasteiger partial charge in [0, 0.05) is 22.3 Å². The SMILES string of the molecule is NCC(Nc1ccccc1)c1cc(Cl)ccc1Cl. The van der Waals surface area contributed by atoms with E-state index >= 15 is 0 Å². The summed E-state index contributed by atoms with van der Waals surface area (Å²) in [7, 11) is 0. The van der Waals surface area contributed by atoms with E-state index in [4.69, 9.17) is 28.9 Å². The summed E-state index contributed by atoms with van der Waals surface area (Å²) in [5.74, 6) is 0. The Morgan fingerprint density at radius 3 is 2.44 bits per heavy atom. The number of benzene rings is 2. The average Bonchev–Trinajstić information content (AvgIpc) is 2.40. The maximum absolute atomic E-state index is 6.18. The van der Waals surface area contributed by atoms with Gasteiger partial charge < -0.3 is 11.1 Å². The molecule has 0 fully saturated rings. The highest BCUT2D eigenvalue weighted by molar-refractivity contribution is 6.33. The standard InChI is InChI=1S/C14H14Cl2N2/c15-10-6-7-13(16)12(8-10)14(9-17)18-11-4-2-1-3-5-11/h1-8,14,18H,9,17H2. The minimum Gasteiger partial charge on any atom is -0.377 e. The molecular formula is C14H14Cl2N2. The molecule has 0 saturated heterocycles. The minimum atomic E-state index is -0.0569. The highest BCUT2D eigenvalue weighted by Crippen LogP contribution is 2.28. The van der Waals surface area contributed by atoms with Crippen molar-refractivity contribution in [2.45, 2.75) is 6.04 Å². The van der Waals surface area contributed by atoms with Gasteiger partial charge in [-0.1, -0.05) is 41.4 Å². The zero-order valence-electron chi connectivity index (χ0n) is 9.74. The molecular weight excluding hydrogens is 267 g/mol. The van der Waals surface area contributed by atoms with Crippen molar-refractivity contribution in [1.29, 1.82) is 0 Å². The molecule has 1 atom stereocenters. The van der Waals surface area contributed by atoms with Crippen LogP contribution in [0.15, 0.2) is 48.5 Å². The van der Waals surface area contributed by atoms with E-state index in [0.29, 0.717) is 16.6 Å². The fraction of sp³-hybridized carbons (Fsp3) is 0.143. The number of halogens is 2. The number of rotatable bonds is 4. The van der Waals surface area contributed by atoms with Crippen LogP contribution in [0.5, 0.6) is 0 Å². The second-order valence-electron chi connectivity index (χ2n) is 3.96. The molecule has 18 heavy (non-hydrogen) atoms. The Morgan fingerprint density at radius 2 is 1.78 bits per heavy atom. The third kappa shape index (κ3) is 3.16. The lowest BCUT2D eigenvalue weighted by Gasteiger charge is -2.20. The van der Waals surface area contributed by atoms with E-state index in [1.807, 2.05) is 36.4 Å². The van der Waals surface area contributed by atoms with Crippen LogP contribution in [0, 0.1) is 0 Å². The molecule has 0 saturated carbocycles. The fourth-order valence-electron chi connectivity index (χ4n) is 1.78. The summed E-state index contributed by atoms with van der Waals surface area (Å²) in [4.78, 5) is 0. The lowest BCUT2D eigenvalue weighted by Crippen LogP contribution is -2.20. The van der Waals surface area contributed by atoms with Crippen molar-refractivity contribution in [1.82, 2.24) is 0 Å². The van der Waals surface area contributed by atoms with Crippen molar-refractivity contribution in [2.75, 3.05) is 11.9 Å². The zero-order valence-corrected chi connectivity index (χ0v) is 11.2. The molecule has 2 nitrogen and oxygen atoms in total. The largest absolute Gasteiger partial charge is 0.377 e. The fourth-order valence-corrected chi connectivity index (χ4v) is 2.21. The van der Waals surface area contributed by atoms with Crippen molar-refractivity contribution in [3.8, 4) is 0 Å². The van der Waals surface area contributed by atoms with Gasteiger partial charge in [0.25, 0.3) is 0 Å². The maximum atomic E-state index is 6.18. The molecule has 0 aliphatic rings. The molecule has 0 radical (unpaired) electrons. The summed E-state index contributed by atoms with van der Waals surface area (Å²) >= 11 is 12.2. The van der Waals surface area contributed by atoms with Crippen LogP contribution in [0.2, 0.25) is 10.0 Å². The summed E-state index contributed by atoms with van der Waals surface area (Å²) in [6.07, 6.45) is 0. The normalized spacial score (nSPS) is 12.2. The van der Waals surface area contributed by atoms with Crippen LogP contribution in [-0.2, 0) is 0 Å². The first-order valence-electron chi connectivity index (χ1n) is 5.67. The van der Waals surface area contributed by atoms with Gasteiger partial charge in [0.1, 0.15) is 0 Å². The van der Waals surface area contributed by atoms with Crippen LogP contribution in [-0.4, -0.2) is 6.54 Å². The summed E-state index contributed by atoms with van der Waals surface area (Å²) in [5, 5.41) is 4.67. The molecule has 0 aliphatic heterocycles. The Balaban J connectivity index is 2.26. The Kier molecular flexibility index (Phi) is 4.48. The van der Waals surface area contributed by atoms with Crippen molar-refractivity contribution in [2.24, 2.45) is 5.73 Å². The summed E-state index contributed by atoms with van der Waals surface area (Å²) in [6.45, 7) is 0.439. The third-order valence-electron chi connectivity index (χ3n) is 2.68. The van der Waals surface area contributed by atoms with Gasteiger partial charge in [-0.25, -0.2) is 0 Å². The molecule has 3 N–H and O–H groups in total. The van der Waals surface area contributed by atoms with E-state index in [0.717, 1.165) is 11.3 Å². The molecule has 94 valence electrons. The lowest BCUT2D eigenvalue weighted by atomic mass is 10.1. The van der Waals surface area contributed by atoms with Crippen LogP contribution in [0.1, 0.15) is 11.6 Å². The molecule has 0 spiro atoms. The molecule has 2 aromatic rings. The summed E-state index contributed by atoms with van der Waals surface area (Å²) in [6, 6.07) is 15.2. The Labute approximate surface area is 117 Å². The third-order valence-corrected chi connectivity index (χ3v) is 3.26. The number of hydrogen-bond donors (Lipinski definition) is 2. The van der Waals surface area contributed by atoms with Crippen molar-refractivity contribution in [3.05, 3.63) is 64.1 Å². The van der Waals surface area contributed by atoms with Crippen LogP contribution >= 0.6 is 23.2 Å². The number of nitrogens with two attached hydrogens (primary N) is 1. The van der Waals surface area contributed by atoms with E-state index in [9.17, 15) is 0 Å². The van der Waals surface area contributed by atoms with Gasteiger partial charge >= 0.3 is 0 Å². The first-order chi connectivity index (χ1) is 8.70. The lowest BCUT2D eigenvalue weighted by molar-refractivity contribution is 0.790. The molecule has 2 aromatic carbocycles. The van der Waals surface area contributed by atoms with E-state index in [-0.39, 0.29) is 6.04 Å². The predicted octanol–water partition coefficient (Wildman–Crippen LogP) is 4.11. The Hall–Kier alpha value is -1.22. The number of nitrogens with one attached hydrogen (secondary N) is 1. The van der Waals surface area contributed by atoms with Crippen molar-refractivity contribution < 1.29 is 0 Å². The molecule has 0 amide bonds. The van der Waals surface area contributed by atoms with Gasteiger partial charge in [-0.2, -0.15) is 0 Å². The highest BCUT2D eigenvalue weighted by atomic mass is 35.5. The number of para-hydroxylation sites is 1. The van der Waals surface area contributed by atoms with Crippen LogP contribution in [0.25, 0.3) is 0 Å². The van der Waals surface area contributed by atoms with Crippen molar-refractivity contribution >= 4 is 28.9 Å². The highest BCUT2D eigenvalue weighted by Gasteiger charge is 2.13. The second kappa shape index (κ2) is 6.10. The van der Waals surface area contributed by atoms with Gasteiger partial charge in [-0.05, 0) is 35.9 Å². The summed E-state index contributed by atoms with van der Waals surface area (Å²) < 4.78 is 0. The predicted molar refractivity (Wildman–Crippen MR) is 78.3 cm³/mol. The monoisotopic (exact) mass is 280 g/mol. The van der Waals surface area contributed by atoms with E-state index in [1.165, 1.54) is 0 Å². The maximum Gasteiger partial charge on any atom is 0.0651 e. The van der Waals surface area contributed by atoms with Crippen LogP contribution in [0.4, 0.5) is 5.69 Å². The molecule has 4 heteroatoms. The molecule has 0 aliphatic carbocycles. The van der Waals surface area contributed by atoms with Gasteiger partial charge in [0.15, 0.2) is 0 Å². The molecule has 0 bridgehead atoms. The zero-order chi connectivity index (χ0) is 13.0. The number of hydrogen-bond acceptors (Lipinski definition) is 2. The minimum absolute atomic E-state index is 0.0569. The van der Waals surface area contributed by atoms with Gasteiger partial charge in [-0.15, -0.1) is 0 Å². The van der Waals surface area contributed by atoms with Gasteiger partial charge in [0.2, 0.25) is 0 Å². The second-order valence-corrected chi connectivity index (χ2v) is 4.81. The van der Waals surface area contributed by atoms with Crippen molar-refractivity contribution in [3.63, 3.8) is 0 Å². The quantitative estimate of drug-likeness (QED) is 0.885. The van der Waals surface area contributed by atoms with E-state index in [1.54, 1.807) is 12.1 Å². The topological polar surface area (TPSA) is 38.0 Å². The van der Waals surface area contributed by atoms with Gasteiger partial charge in [0.05, 0.1) is 6.04 Å². The van der Waals surface area contributed by atoms with E-state index in [2.05, 4.69) is 5.32 Å². The molecule has 0 heterocycles. The smallest absolute Gasteiger partial charge is 0.0651 e. The molecule has 2 rings (SSSR count). The molecule has 0 aromatic heterocycles. The number of anilines is 1. The average molecular weight is 281 g/mol. The first-order valence-corrected chi connectivity index (χ1v) is 6.43. The summed E-state index contributed by atoms with van der Waals surface area (Å²) in [5.41, 5.74) is 7.72. The Morgan fingerprint density at radius 1 is 1.06 bits per heavy atom. The Bertz CT molecular complexity index is 514. The first kappa shape index (κ1) is 13.2.